The van der Waals surface area contributed by atoms with Gasteiger partial charge in [0.25, 0.3) is 0 Å². The van der Waals surface area contributed by atoms with E-state index >= 15 is 0 Å². The summed E-state index contributed by atoms with van der Waals surface area (Å²) < 4.78 is 0.962. The van der Waals surface area contributed by atoms with Crippen molar-refractivity contribution in [1.29, 1.82) is 0 Å². The first-order chi connectivity index (χ1) is 11.6. The number of primary amides is 1. The van der Waals surface area contributed by atoms with Crippen LogP contribution in [0, 0.1) is 0 Å². The van der Waals surface area contributed by atoms with Gasteiger partial charge in [-0.1, -0.05) is 12.1 Å². The molecule has 0 spiro atoms. The zero-order valence-electron chi connectivity index (χ0n) is 13.1. The maximum atomic E-state index is 12.7. The number of nitrogens with two attached hydrogens (primary N) is 2. The number of para-hydroxylation sites is 1. The number of carbonyl (C=O) groups excluding carboxylic acids is 2. The van der Waals surface area contributed by atoms with Crippen LogP contribution in [0.4, 0.5) is 0 Å². The molecule has 0 aliphatic rings. The van der Waals surface area contributed by atoms with E-state index in [9.17, 15) is 9.59 Å². The summed E-state index contributed by atoms with van der Waals surface area (Å²) in [4.78, 5) is 31.9. The second-order valence-corrected chi connectivity index (χ2v) is 6.13. The molecule has 0 aliphatic carbocycles. The molecule has 0 radical (unpaired) electrons. The van der Waals surface area contributed by atoms with Crippen LogP contribution in [0.5, 0.6) is 0 Å². The molecule has 8 nitrogen and oxygen atoms in total. The number of hydrogen-bond acceptors (Lipinski definition) is 7. The number of hydrogen-bond donors (Lipinski definition) is 4. The van der Waals surface area contributed by atoms with Gasteiger partial charge in [0, 0.05) is 0 Å². The normalized spacial score (nSPS) is 12.5. The summed E-state index contributed by atoms with van der Waals surface area (Å²) in [6.45, 7) is 0.683. The SMILES string of the molecule is NNC=NC(CCCNCC(N)=O)C(=O)c1nc2ccccc2s1. The zero-order chi connectivity index (χ0) is 17.4. The van der Waals surface area contributed by atoms with E-state index in [1.807, 2.05) is 24.3 Å². The number of carbonyl (C=O) groups is 2. The molecule has 1 aromatic carbocycles. The number of nitrogens with zero attached hydrogens (tertiary/aromatic N) is 2. The highest BCUT2D eigenvalue weighted by atomic mass is 32.1. The fourth-order valence-corrected chi connectivity index (χ4v) is 3.11. The minimum absolute atomic E-state index is 0.115. The number of benzene rings is 1. The molecule has 6 N–H and O–H groups in total. The number of Topliss-reactive ketones (excluding diaryl/α,β-unsaturated/α-hetero) is 1. The molecule has 0 saturated carbocycles. The molecular weight excluding hydrogens is 328 g/mol. The van der Waals surface area contributed by atoms with Gasteiger partial charge in [0.2, 0.25) is 11.7 Å². The van der Waals surface area contributed by atoms with Gasteiger partial charge in [-0.2, -0.15) is 0 Å². The van der Waals surface area contributed by atoms with Gasteiger partial charge in [0.05, 0.1) is 23.1 Å². The highest BCUT2D eigenvalue weighted by Crippen LogP contribution is 2.23. The van der Waals surface area contributed by atoms with Crippen LogP contribution in [0.3, 0.4) is 0 Å². The van der Waals surface area contributed by atoms with Crippen molar-refractivity contribution in [2.45, 2.75) is 18.9 Å². The van der Waals surface area contributed by atoms with E-state index in [2.05, 4.69) is 20.7 Å². The second-order valence-electron chi connectivity index (χ2n) is 5.10. The van der Waals surface area contributed by atoms with Crippen molar-refractivity contribution in [3.63, 3.8) is 0 Å². The minimum atomic E-state index is -0.572. The number of aromatic nitrogens is 1. The molecule has 2 rings (SSSR count). The predicted molar refractivity (Wildman–Crippen MR) is 94.9 cm³/mol. The highest BCUT2D eigenvalue weighted by molar-refractivity contribution is 7.20. The number of rotatable bonds is 10. The van der Waals surface area contributed by atoms with E-state index in [-0.39, 0.29) is 12.3 Å². The first kappa shape index (κ1) is 18.0. The maximum Gasteiger partial charge on any atom is 0.231 e. The monoisotopic (exact) mass is 348 g/mol. The van der Waals surface area contributed by atoms with Gasteiger partial charge in [0.15, 0.2) is 5.01 Å². The van der Waals surface area contributed by atoms with Crippen LogP contribution in [-0.4, -0.2) is 42.1 Å². The Hall–Kier alpha value is -2.36. The van der Waals surface area contributed by atoms with E-state index < -0.39 is 11.9 Å². The van der Waals surface area contributed by atoms with Crippen molar-refractivity contribution >= 4 is 39.6 Å². The van der Waals surface area contributed by atoms with E-state index in [4.69, 9.17) is 11.6 Å². The Balaban J connectivity index is 2.01. The van der Waals surface area contributed by atoms with Crippen molar-refractivity contribution in [2.24, 2.45) is 16.6 Å². The maximum absolute atomic E-state index is 12.7. The summed E-state index contributed by atoms with van der Waals surface area (Å²) in [6, 6.07) is 7.02. The summed E-state index contributed by atoms with van der Waals surface area (Å²) in [5.41, 5.74) is 8.16. The van der Waals surface area contributed by atoms with Crippen LogP contribution in [0.15, 0.2) is 29.3 Å². The lowest BCUT2D eigenvalue weighted by Gasteiger charge is -2.10. The summed E-state index contributed by atoms with van der Waals surface area (Å²) in [7, 11) is 0. The van der Waals surface area contributed by atoms with Crippen LogP contribution < -0.4 is 22.3 Å². The Morgan fingerprint density at radius 1 is 1.38 bits per heavy atom. The fraction of sp³-hybridized carbons (Fsp3) is 0.333. The lowest BCUT2D eigenvalue weighted by Crippen LogP contribution is -2.30. The van der Waals surface area contributed by atoms with Crippen molar-refractivity contribution < 1.29 is 9.59 Å². The average molecular weight is 348 g/mol. The molecule has 128 valence electrons. The summed E-state index contributed by atoms with van der Waals surface area (Å²) in [6.07, 6.45) is 2.47. The smallest absolute Gasteiger partial charge is 0.231 e. The molecule has 24 heavy (non-hydrogen) atoms. The lowest BCUT2D eigenvalue weighted by molar-refractivity contribution is -0.117. The Bertz CT molecular complexity index is 697. The van der Waals surface area contributed by atoms with E-state index in [0.29, 0.717) is 24.4 Å². The summed E-state index contributed by atoms with van der Waals surface area (Å²) >= 11 is 1.35. The third-order valence-electron chi connectivity index (χ3n) is 3.27. The van der Waals surface area contributed by atoms with Crippen molar-refractivity contribution in [2.75, 3.05) is 13.1 Å². The number of amides is 1. The predicted octanol–water partition coefficient (Wildman–Crippen LogP) is 0.194. The topological polar surface area (TPSA) is 135 Å². The van der Waals surface area contributed by atoms with Crippen LogP contribution in [-0.2, 0) is 4.79 Å². The van der Waals surface area contributed by atoms with Crippen molar-refractivity contribution in [1.82, 2.24) is 15.7 Å². The number of aliphatic imine (C=N–C) groups is 1. The number of nitrogens with one attached hydrogen (secondary N) is 2. The van der Waals surface area contributed by atoms with E-state index in [1.165, 1.54) is 17.7 Å². The lowest BCUT2D eigenvalue weighted by atomic mass is 10.1. The molecule has 1 atom stereocenters. The first-order valence-corrected chi connectivity index (χ1v) is 8.30. The fourth-order valence-electron chi connectivity index (χ4n) is 2.16. The average Bonchev–Trinajstić information content (AvgIpc) is 3.00. The van der Waals surface area contributed by atoms with Gasteiger partial charge in [0.1, 0.15) is 6.04 Å². The third kappa shape index (κ3) is 5.08. The molecule has 1 aromatic heterocycles. The Morgan fingerprint density at radius 2 is 2.17 bits per heavy atom. The molecule has 2 aromatic rings. The summed E-state index contributed by atoms with van der Waals surface area (Å²) in [5, 5.41) is 3.34. The molecule has 9 heteroatoms. The van der Waals surface area contributed by atoms with Crippen LogP contribution in [0.1, 0.15) is 22.6 Å². The van der Waals surface area contributed by atoms with Crippen LogP contribution >= 0.6 is 11.3 Å². The summed E-state index contributed by atoms with van der Waals surface area (Å²) in [5.74, 6) is 4.64. The number of ketones is 1. The van der Waals surface area contributed by atoms with Crippen LogP contribution in [0.2, 0.25) is 0 Å². The molecule has 0 aliphatic heterocycles. The molecule has 0 fully saturated rings. The van der Waals surface area contributed by atoms with Gasteiger partial charge in [-0.05, 0) is 31.5 Å². The van der Waals surface area contributed by atoms with E-state index in [1.54, 1.807) is 0 Å². The molecule has 1 unspecified atom stereocenters. The quantitative estimate of drug-likeness (QED) is 0.121. The Kier molecular flexibility index (Phi) is 6.79. The number of thiazole rings is 1. The molecule has 1 amide bonds. The highest BCUT2D eigenvalue weighted by Gasteiger charge is 2.22. The first-order valence-electron chi connectivity index (χ1n) is 7.48. The standard InChI is InChI=1S/C15H20N6O2S/c16-13(22)8-18-7-3-5-11(19-9-20-17)14(23)15-21-10-4-1-2-6-12(10)24-15/h1-2,4,6,9,11,18H,3,5,7-8,17H2,(H2,16,22)(H,19,20). The Morgan fingerprint density at radius 3 is 2.88 bits per heavy atom. The second kappa shape index (κ2) is 9.06. The number of hydrazine groups is 1. The van der Waals surface area contributed by atoms with Crippen molar-refractivity contribution in [3.8, 4) is 0 Å². The Labute approximate surface area is 143 Å². The zero-order valence-corrected chi connectivity index (χ0v) is 13.9. The molecule has 1 heterocycles. The molecular formula is C15H20N6O2S. The minimum Gasteiger partial charge on any atom is -0.369 e. The van der Waals surface area contributed by atoms with Crippen molar-refractivity contribution in [3.05, 3.63) is 29.3 Å². The van der Waals surface area contributed by atoms with Gasteiger partial charge < -0.3 is 16.5 Å². The largest absolute Gasteiger partial charge is 0.369 e. The third-order valence-corrected chi connectivity index (χ3v) is 4.32. The number of fused-ring (bicyclic) bond motifs is 1. The molecule has 0 bridgehead atoms. The van der Waals surface area contributed by atoms with Gasteiger partial charge in [-0.3, -0.25) is 14.6 Å². The molecule has 0 saturated heterocycles. The van der Waals surface area contributed by atoms with Gasteiger partial charge in [-0.15, -0.1) is 11.3 Å². The van der Waals surface area contributed by atoms with Gasteiger partial charge in [-0.25, -0.2) is 10.8 Å². The van der Waals surface area contributed by atoms with E-state index in [0.717, 1.165) is 10.2 Å². The van der Waals surface area contributed by atoms with Gasteiger partial charge >= 0.3 is 0 Å². The van der Waals surface area contributed by atoms with Crippen LogP contribution in [0.25, 0.3) is 10.2 Å².